The summed E-state index contributed by atoms with van der Waals surface area (Å²) < 4.78 is 37.9. The van der Waals surface area contributed by atoms with Gasteiger partial charge in [0.25, 0.3) is 0 Å². The fourth-order valence-corrected chi connectivity index (χ4v) is 2.86. The van der Waals surface area contributed by atoms with Gasteiger partial charge in [-0.1, -0.05) is 6.92 Å². The Bertz CT molecular complexity index is 720. The van der Waals surface area contributed by atoms with Crippen LogP contribution in [0.4, 0.5) is 30.6 Å². The standard InChI is InChI=1S/C18H21F3N4/c1-12-7-9-25(10-8-12)17-22-13(2)11-16(24-17)23-15-5-3-14(4-6-15)18(19,20)21/h3-6,11-12H,7-10H2,1-2H3,(H,22,23,24). The number of anilines is 3. The molecule has 25 heavy (non-hydrogen) atoms. The molecule has 0 spiro atoms. The fourth-order valence-electron chi connectivity index (χ4n) is 2.86. The Morgan fingerprint density at radius 1 is 1.08 bits per heavy atom. The van der Waals surface area contributed by atoms with Crippen LogP contribution in [0.25, 0.3) is 0 Å². The topological polar surface area (TPSA) is 41.1 Å². The molecular weight excluding hydrogens is 329 g/mol. The molecule has 1 aliphatic heterocycles. The molecular formula is C18H21F3N4. The number of hydrogen-bond donors (Lipinski definition) is 1. The first-order valence-corrected chi connectivity index (χ1v) is 8.36. The van der Waals surface area contributed by atoms with Crippen molar-refractivity contribution in [3.05, 3.63) is 41.6 Å². The lowest BCUT2D eigenvalue weighted by atomic mass is 10.00. The SMILES string of the molecule is Cc1cc(Nc2ccc(C(F)(F)F)cc2)nc(N2CCC(C)CC2)n1. The highest BCUT2D eigenvalue weighted by Crippen LogP contribution is 2.30. The van der Waals surface area contributed by atoms with Crippen LogP contribution in [0.2, 0.25) is 0 Å². The van der Waals surface area contributed by atoms with Gasteiger partial charge >= 0.3 is 6.18 Å². The minimum Gasteiger partial charge on any atom is -0.341 e. The van der Waals surface area contributed by atoms with Crippen molar-refractivity contribution in [1.82, 2.24) is 9.97 Å². The largest absolute Gasteiger partial charge is 0.416 e. The van der Waals surface area contributed by atoms with Crippen LogP contribution in [0.1, 0.15) is 31.0 Å². The summed E-state index contributed by atoms with van der Waals surface area (Å²) in [6.07, 6.45) is -2.11. The van der Waals surface area contributed by atoms with Crippen LogP contribution in [0, 0.1) is 12.8 Å². The maximum Gasteiger partial charge on any atom is 0.416 e. The van der Waals surface area contributed by atoms with Gasteiger partial charge in [0, 0.05) is 30.5 Å². The molecule has 4 nitrogen and oxygen atoms in total. The van der Waals surface area contributed by atoms with E-state index in [0.717, 1.165) is 43.8 Å². The first kappa shape index (κ1) is 17.5. The molecule has 1 N–H and O–H groups in total. The van der Waals surface area contributed by atoms with Gasteiger partial charge in [-0.15, -0.1) is 0 Å². The number of nitrogens with zero attached hydrogens (tertiary/aromatic N) is 3. The minimum absolute atomic E-state index is 0.560. The van der Waals surface area contributed by atoms with E-state index in [1.807, 2.05) is 6.92 Å². The molecule has 1 saturated heterocycles. The zero-order valence-corrected chi connectivity index (χ0v) is 14.3. The van der Waals surface area contributed by atoms with E-state index in [9.17, 15) is 13.2 Å². The van der Waals surface area contributed by atoms with Crippen LogP contribution in [0.15, 0.2) is 30.3 Å². The first-order valence-electron chi connectivity index (χ1n) is 8.36. The van der Waals surface area contributed by atoms with E-state index in [0.29, 0.717) is 23.4 Å². The molecule has 7 heteroatoms. The van der Waals surface area contributed by atoms with Crippen molar-refractivity contribution in [2.45, 2.75) is 32.9 Å². The predicted molar refractivity (Wildman–Crippen MR) is 92.1 cm³/mol. The third kappa shape index (κ3) is 4.41. The lowest BCUT2D eigenvalue weighted by Crippen LogP contribution is -2.34. The summed E-state index contributed by atoms with van der Waals surface area (Å²) in [6.45, 7) is 5.97. The molecule has 0 amide bonds. The normalized spacial score (nSPS) is 16.1. The van der Waals surface area contributed by atoms with Crippen molar-refractivity contribution >= 4 is 17.5 Å². The molecule has 1 aliphatic rings. The van der Waals surface area contributed by atoms with Gasteiger partial charge in [0.1, 0.15) is 5.82 Å². The van der Waals surface area contributed by atoms with Crippen LogP contribution in [-0.4, -0.2) is 23.1 Å². The van der Waals surface area contributed by atoms with Gasteiger partial charge in [-0.05, 0) is 49.9 Å². The van der Waals surface area contributed by atoms with E-state index < -0.39 is 11.7 Å². The highest BCUT2D eigenvalue weighted by Gasteiger charge is 2.30. The highest BCUT2D eigenvalue weighted by atomic mass is 19.4. The van der Waals surface area contributed by atoms with E-state index in [4.69, 9.17) is 0 Å². The fraction of sp³-hybridized carbons (Fsp3) is 0.444. The molecule has 134 valence electrons. The summed E-state index contributed by atoms with van der Waals surface area (Å²) >= 11 is 0. The molecule has 1 aromatic carbocycles. The Morgan fingerprint density at radius 2 is 1.72 bits per heavy atom. The number of nitrogens with one attached hydrogen (secondary N) is 1. The molecule has 1 fully saturated rings. The number of aromatic nitrogens is 2. The molecule has 1 aromatic heterocycles. The maximum absolute atomic E-state index is 12.6. The Balaban J connectivity index is 1.76. The molecule has 0 radical (unpaired) electrons. The number of benzene rings is 1. The van der Waals surface area contributed by atoms with Crippen molar-refractivity contribution in [3.8, 4) is 0 Å². The van der Waals surface area contributed by atoms with E-state index in [1.54, 1.807) is 6.07 Å². The van der Waals surface area contributed by atoms with Crippen LogP contribution >= 0.6 is 0 Å². The molecule has 0 bridgehead atoms. The molecule has 2 heterocycles. The summed E-state index contributed by atoms with van der Waals surface area (Å²) in [4.78, 5) is 11.2. The van der Waals surface area contributed by atoms with Gasteiger partial charge in [0.2, 0.25) is 5.95 Å². The van der Waals surface area contributed by atoms with E-state index in [1.165, 1.54) is 12.1 Å². The second-order valence-electron chi connectivity index (χ2n) is 6.56. The molecule has 0 saturated carbocycles. The second-order valence-corrected chi connectivity index (χ2v) is 6.56. The van der Waals surface area contributed by atoms with Crippen LogP contribution in [-0.2, 0) is 6.18 Å². The van der Waals surface area contributed by atoms with Gasteiger partial charge in [-0.2, -0.15) is 18.2 Å². The van der Waals surface area contributed by atoms with Crippen molar-refractivity contribution in [3.63, 3.8) is 0 Å². The Morgan fingerprint density at radius 3 is 2.32 bits per heavy atom. The highest BCUT2D eigenvalue weighted by molar-refractivity contribution is 5.58. The average Bonchev–Trinajstić information content (AvgIpc) is 2.54. The average molecular weight is 350 g/mol. The number of alkyl halides is 3. The quantitative estimate of drug-likeness (QED) is 0.865. The number of hydrogen-bond acceptors (Lipinski definition) is 4. The molecule has 0 atom stereocenters. The Hall–Kier alpha value is -2.31. The lowest BCUT2D eigenvalue weighted by molar-refractivity contribution is -0.137. The number of halogens is 3. The monoisotopic (exact) mass is 350 g/mol. The number of rotatable bonds is 3. The molecule has 0 aliphatic carbocycles. The van der Waals surface area contributed by atoms with Crippen molar-refractivity contribution < 1.29 is 13.2 Å². The van der Waals surface area contributed by atoms with Crippen LogP contribution in [0.3, 0.4) is 0 Å². The van der Waals surface area contributed by atoms with E-state index in [-0.39, 0.29) is 0 Å². The summed E-state index contributed by atoms with van der Waals surface area (Å²) in [5, 5.41) is 3.07. The third-order valence-electron chi connectivity index (χ3n) is 4.39. The Labute approximate surface area is 145 Å². The Kier molecular flexibility index (Phi) is 4.83. The first-order chi connectivity index (χ1) is 11.8. The lowest BCUT2D eigenvalue weighted by Gasteiger charge is -2.30. The third-order valence-corrected chi connectivity index (χ3v) is 4.39. The van der Waals surface area contributed by atoms with Crippen molar-refractivity contribution in [1.29, 1.82) is 0 Å². The van der Waals surface area contributed by atoms with Crippen molar-refractivity contribution in [2.75, 3.05) is 23.3 Å². The van der Waals surface area contributed by atoms with Crippen LogP contribution < -0.4 is 10.2 Å². The number of piperidine rings is 1. The second kappa shape index (κ2) is 6.90. The van der Waals surface area contributed by atoms with E-state index >= 15 is 0 Å². The summed E-state index contributed by atoms with van der Waals surface area (Å²) in [5.74, 6) is 1.97. The summed E-state index contributed by atoms with van der Waals surface area (Å²) in [6, 6.07) is 6.71. The van der Waals surface area contributed by atoms with Gasteiger partial charge < -0.3 is 10.2 Å². The van der Waals surface area contributed by atoms with Gasteiger partial charge in [0.05, 0.1) is 5.56 Å². The van der Waals surface area contributed by atoms with Gasteiger partial charge in [-0.3, -0.25) is 0 Å². The zero-order valence-electron chi connectivity index (χ0n) is 14.3. The zero-order chi connectivity index (χ0) is 18.0. The van der Waals surface area contributed by atoms with Crippen molar-refractivity contribution in [2.24, 2.45) is 5.92 Å². The molecule has 2 aromatic rings. The summed E-state index contributed by atoms with van der Waals surface area (Å²) in [7, 11) is 0. The molecule has 3 rings (SSSR count). The number of aryl methyl sites for hydroxylation is 1. The van der Waals surface area contributed by atoms with E-state index in [2.05, 4.69) is 27.1 Å². The van der Waals surface area contributed by atoms with Crippen LogP contribution in [0.5, 0.6) is 0 Å². The maximum atomic E-state index is 12.6. The smallest absolute Gasteiger partial charge is 0.341 e. The summed E-state index contributed by atoms with van der Waals surface area (Å²) in [5.41, 5.74) is 0.711. The predicted octanol–water partition coefficient (Wildman–Crippen LogP) is 4.78. The minimum atomic E-state index is -4.33. The molecule has 0 unspecified atom stereocenters. The van der Waals surface area contributed by atoms with Gasteiger partial charge in [0.15, 0.2) is 0 Å². The van der Waals surface area contributed by atoms with Gasteiger partial charge in [-0.25, -0.2) is 4.98 Å².